The lowest BCUT2D eigenvalue weighted by Gasteiger charge is -2.25. The van der Waals surface area contributed by atoms with Crippen molar-refractivity contribution >= 4 is 17.7 Å². The van der Waals surface area contributed by atoms with Gasteiger partial charge in [-0.2, -0.15) is 0 Å². The van der Waals surface area contributed by atoms with E-state index in [-0.39, 0.29) is 12.0 Å². The summed E-state index contributed by atoms with van der Waals surface area (Å²) in [5.74, 6) is 0.685. The van der Waals surface area contributed by atoms with Crippen molar-refractivity contribution in [1.82, 2.24) is 0 Å². The molecule has 2 N–H and O–H groups in total. The summed E-state index contributed by atoms with van der Waals surface area (Å²) in [6, 6.07) is 0. The number of rotatable bonds is 2. The fraction of sp³-hybridized carbons (Fsp3) is 0.857. The lowest BCUT2D eigenvalue weighted by Crippen LogP contribution is -2.45. The van der Waals surface area contributed by atoms with Crippen molar-refractivity contribution in [3.63, 3.8) is 0 Å². The highest BCUT2D eigenvalue weighted by Crippen LogP contribution is 2.39. The summed E-state index contributed by atoms with van der Waals surface area (Å²) in [5.41, 5.74) is 5.26. The van der Waals surface area contributed by atoms with Crippen LogP contribution in [-0.4, -0.2) is 29.6 Å². The maximum atomic E-state index is 11.0. The number of hydrogen-bond acceptors (Lipinski definition) is 3. The molecule has 1 rings (SSSR count). The molecule has 11 heavy (non-hydrogen) atoms. The molecule has 0 spiro atoms. The Balaban J connectivity index is 2.75. The molecule has 2 unspecified atom stereocenters. The van der Waals surface area contributed by atoms with Crippen LogP contribution in [0.3, 0.4) is 0 Å². The summed E-state index contributed by atoms with van der Waals surface area (Å²) < 4.78 is 4.66. The van der Waals surface area contributed by atoms with Gasteiger partial charge < -0.3 is 10.5 Å². The molecule has 1 aliphatic heterocycles. The fourth-order valence-electron chi connectivity index (χ4n) is 1.32. The first-order chi connectivity index (χ1) is 5.11. The third kappa shape index (κ3) is 1.37. The van der Waals surface area contributed by atoms with Crippen LogP contribution in [0.2, 0.25) is 0 Å². The monoisotopic (exact) mass is 175 g/mol. The van der Waals surface area contributed by atoms with E-state index in [1.54, 1.807) is 18.9 Å². The van der Waals surface area contributed by atoms with E-state index in [1.807, 2.05) is 6.92 Å². The fourth-order valence-corrected chi connectivity index (χ4v) is 2.62. The molecule has 0 aromatic rings. The van der Waals surface area contributed by atoms with E-state index >= 15 is 0 Å². The smallest absolute Gasteiger partial charge is 0.236 e. The van der Waals surface area contributed by atoms with E-state index in [0.29, 0.717) is 0 Å². The molecule has 64 valence electrons. The average Bonchev–Trinajstić information content (AvgIpc) is 2.32. The molecule has 1 fully saturated rings. The lowest BCUT2D eigenvalue weighted by molar-refractivity contribution is -0.122. The molecular formula is C7H13NO2S. The molecule has 3 nitrogen and oxygen atoms in total. The number of hydrogen-bond donors (Lipinski definition) is 1. The number of amides is 1. The lowest BCUT2D eigenvalue weighted by atomic mass is 10.0. The van der Waals surface area contributed by atoms with Crippen molar-refractivity contribution in [1.29, 1.82) is 0 Å². The highest BCUT2D eigenvalue weighted by atomic mass is 32.2. The number of carbonyl (C=O) groups is 1. The van der Waals surface area contributed by atoms with Crippen molar-refractivity contribution in [2.24, 2.45) is 5.73 Å². The SMILES string of the molecule is COC1CCSC1(C)C(N)=O. The third-order valence-electron chi connectivity index (χ3n) is 2.17. The van der Waals surface area contributed by atoms with E-state index in [2.05, 4.69) is 0 Å². The molecule has 0 aliphatic carbocycles. The molecule has 0 aromatic carbocycles. The molecule has 0 saturated carbocycles. The minimum Gasteiger partial charge on any atom is -0.379 e. The Labute approximate surface area is 70.7 Å². The van der Waals surface area contributed by atoms with E-state index in [1.165, 1.54) is 0 Å². The van der Waals surface area contributed by atoms with Crippen molar-refractivity contribution < 1.29 is 9.53 Å². The van der Waals surface area contributed by atoms with Gasteiger partial charge in [0.05, 0.1) is 6.10 Å². The van der Waals surface area contributed by atoms with Crippen LogP contribution in [0.5, 0.6) is 0 Å². The normalized spacial score (nSPS) is 37.5. The zero-order valence-electron chi connectivity index (χ0n) is 6.79. The Hall–Kier alpha value is -0.220. The molecule has 0 aromatic heterocycles. The van der Waals surface area contributed by atoms with Gasteiger partial charge in [0.2, 0.25) is 5.91 Å². The maximum absolute atomic E-state index is 11.0. The molecule has 2 atom stereocenters. The zero-order chi connectivity index (χ0) is 8.48. The van der Waals surface area contributed by atoms with Gasteiger partial charge in [0.15, 0.2) is 0 Å². The Bertz CT molecular complexity index is 174. The number of methoxy groups -OCH3 is 1. The number of nitrogens with two attached hydrogens (primary N) is 1. The summed E-state index contributed by atoms with van der Waals surface area (Å²) in [5, 5.41) is 0. The van der Waals surface area contributed by atoms with Gasteiger partial charge in [-0.15, -0.1) is 11.8 Å². The summed E-state index contributed by atoms with van der Waals surface area (Å²) in [4.78, 5) is 11.0. The number of thioether (sulfide) groups is 1. The van der Waals surface area contributed by atoms with E-state index in [9.17, 15) is 4.79 Å². The maximum Gasteiger partial charge on any atom is 0.236 e. The molecule has 0 bridgehead atoms. The minimum atomic E-state index is -0.505. The van der Waals surface area contributed by atoms with Crippen molar-refractivity contribution in [2.45, 2.75) is 24.2 Å². The van der Waals surface area contributed by atoms with Gasteiger partial charge in [-0.3, -0.25) is 4.79 Å². The van der Waals surface area contributed by atoms with Crippen LogP contribution in [0.1, 0.15) is 13.3 Å². The van der Waals surface area contributed by atoms with Crippen LogP contribution >= 0.6 is 11.8 Å². The second-order valence-electron chi connectivity index (χ2n) is 2.83. The number of ether oxygens (including phenoxy) is 1. The van der Waals surface area contributed by atoms with Crippen LogP contribution in [0, 0.1) is 0 Å². The van der Waals surface area contributed by atoms with Gasteiger partial charge in [0, 0.05) is 7.11 Å². The first-order valence-corrected chi connectivity index (χ1v) is 4.56. The van der Waals surface area contributed by atoms with Gasteiger partial charge in [0.25, 0.3) is 0 Å². The highest BCUT2D eigenvalue weighted by molar-refractivity contribution is 8.01. The number of carbonyl (C=O) groups excluding carboxylic acids is 1. The van der Waals surface area contributed by atoms with Crippen molar-refractivity contribution in [3.05, 3.63) is 0 Å². The van der Waals surface area contributed by atoms with Gasteiger partial charge in [0.1, 0.15) is 4.75 Å². The van der Waals surface area contributed by atoms with E-state index < -0.39 is 4.75 Å². The summed E-state index contributed by atoms with van der Waals surface area (Å²) in [6.45, 7) is 1.85. The molecule has 1 amide bonds. The van der Waals surface area contributed by atoms with E-state index in [0.717, 1.165) is 12.2 Å². The summed E-state index contributed by atoms with van der Waals surface area (Å²) >= 11 is 1.59. The Morgan fingerprint density at radius 1 is 1.82 bits per heavy atom. The topological polar surface area (TPSA) is 52.3 Å². The predicted octanol–water partition coefficient (Wildman–Crippen LogP) is 0.382. The second-order valence-corrected chi connectivity index (χ2v) is 4.38. The van der Waals surface area contributed by atoms with Gasteiger partial charge in [-0.1, -0.05) is 0 Å². The summed E-state index contributed by atoms with van der Waals surface area (Å²) in [6.07, 6.45) is 0.908. The quantitative estimate of drug-likeness (QED) is 0.660. The first kappa shape index (κ1) is 8.87. The molecular weight excluding hydrogens is 162 g/mol. The van der Waals surface area contributed by atoms with Crippen LogP contribution in [0.4, 0.5) is 0 Å². The van der Waals surface area contributed by atoms with Crippen molar-refractivity contribution in [3.8, 4) is 0 Å². The van der Waals surface area contributed by atoms with Crippen LogP contribution < -0.4 is 5.73 Å². The van der Waals surface area contributed by atoms with Crippen molar-refractivity contribution in [2.75, 3.05) is 12.9 Å². The Kier molecular flexibility index (Phi) is 2.44. The van der Waals surface area contributed by atoms with Gasteiger partial charge in [-0.05, 0) is 19.1 Å². The summed E-state index contributed by atoms with van der Waals surface area (Å²) in [7, 11) is 1.62. The van der Waals surface area contributed by atoms with Gasteiger partial charge >= 0.3 is 0 Å². The molecule has 4 heteroatoms. The Morgan fingerprint density at radius 3 is 2.82 bits per heavy atom. The number of primary amides is 1. The van der Waals surface area contributed by atoms with Crippen LogP contribution in [0.25, 0.3) is 0 Å². The zero-order valence-corrected chi connectivity index (χ0v) is 7.61. The second kappa shape index (κ2) is 3.03. The standard InChI is InChI=1S/C7H13NO2S/c1-7(6(8)9)5(10-2)3-4-11-7/h5H,3-4H2,1-2H3,(H2,8,9). The molecule has 1 aliphatic rings. The highest BCUT2D eigenvalue weighted by Gasteiger charge is 2.44. The molecule has 1 saturated heterocycles. The third-order valence-corrected chi connectivity index (χ3v) is 3.67. The van der Waals surface area contributed by atoms with Crippen LogP contribution in [-0.2, 0) is 9.53 Å². The van der Waals surface area contributed by atoms with E-state index in [4.69, 9.17) is 10.5 Å². The average molecular weight is 175 g/mol. The predicted molar refractivity (Wildman–Crippen MR) is 45.5 cm³/mol. The van der Waals surface area contributed by atoms with Crippen LogP contribution in [0.15, 0.2) is 0 Å². The minimum absolute atomic E-state index is 0.00926. The first-order valence-electron chi connectivity index (χ1n) is 3.58. The van der Waals surface area contributed by atoms with Gasteiger partial charge in [-0.25, -0.2) is 0 Å². The molecule has 1 heterocycles. The molecule has 0 radical (unpaired) electrons. The largest absolute Gasteiger partial charge is 0.379 e. The Morgan fingerprint density at radius 2 is 2.45 bits per heavy atom.